The Labute approximate surface area is 93.8 Å². The van der Waals surface area contributed by atoms with Crippen molar-refractivity contribution in [3.05, 3.63) is 34.3 Å². The third-order valence-corrected chi connectivity index (χ3v) is 3.79. The molecule has 2 N–H and O–H groups in total. The number of hydrogen-bond acceptors (Lipinski definition) is 1. The van der Waals surface area contributed by atoms with E-state index in [1.165, 1.54) is 18.4 Å². The molecule has 0 spiro atoms. The molecular formula is C12H16BrN. The van der Waals surface area contributed by atoms with Crippen LogP contribution in [0.3, 0.4) is 0 Å². The van der Waals surface area contributed by atoms with Gasteiger partial charge in [-0.3, -0.25) is 0 Å². The normalized spacial score (nSPS) is 28.2. The van der Waals surface area contributed by atoms with Gasteiger partial charge in [-0.1, -0.05) is 28.1 Å². The highest BCUT2D eigenvalue weighted by molar-refractivity contribution is 9.10. The van der Waals surface area contributed by atoms with E-state index in [1.54, 1.807) is 0 Å². The first-order chi connectivity index (χ1) is 6.66. The van der Waals surface area contributed by atoms with Crippen LogP contribution in [0.1, 0.15) is 31.2 Å². The Bertz CT molecular complexity index is 299. The molecule has 1 nitrogen and oxygen atoms in total. The highest BCUT2D eigenvalue weighted by Gasteiger charge is 2.32. The van der Waals surface area contributed by atoms with Gasteiger partial charge in [-0.25, -0.2) is 0 Å². The lowest BCUT2D eigenvalue weighted by Crippen LogP contribution is -2.36. The van der Waals surface area contributed by atoms with Crippen molar-refractivity contribution >= 4 is 15.9 Å². The minimum Gasteiger partial charge on any atom is -0.328 e. The number of rotatable bonds is 2. The second-order valence-corrected chi connectivity index (χ2v) is 5.25. The molecule has 1 saturated carbocycles. The van der Waals surface area contributed by atoms with E-state index in [0.717, 1.165) is 16.3 Å². The van der Waals surface area contributed by atoms with Gasteiger partial charge in [0.25, 0.3) is 0 Å². The molecular weight excluding hydrogens is 238 g/mol. The standard InChI is InChI=1S/C12H16BrN/c1-8(14)10-6-11(7-10)9-2-4-12(13)5-3-9/h2-5,8,10-11H,6-7,14H2,1H3. The van der Waals surface area contributed by atoms with Crippen LogP contribution in [0.15, 0.2) is 28.7 Å². The van der Waals surface area contributed by atoms with Gasteiger partial charge >= 0.3 is 0 Å². The van der Waals surface area contributed by atoms with Gasteiger partial charge < -0.3 is 5.73 Å². The number of nitrogens with two attached hydrogens (primary N) is 1. The van der Waals surface area contributed by atoms with Crippen molar-refractivity contribution in [1.82, 2.24) is 0 Å². The maximum atomic E-state index is 5.85. The fourth-order valence-electron chi connectivity index (χ4n) is 2.10. The van der Waals surface area contributed by atoms with E-state index >= 15 is 0 Å². The summed E-state index contributed by atoms with van der Waals surface area (Å²) >= 11 is 3.45. The Morgan fingerprint density at radius 3 is 2.36 bits per heavy atom. The van der Waals surface area contributed by atoms with Crippen LogP contribution in [0.5, 0.6) is 0 Å². The molecule has 0 amide bonds. The summed E-state index contributed by atoms with van der Waals surface area (Å²) in [5.74, 6) is 1.49. The third kappa shape index (κ3) is 2.01. The smallest absolute Gasteiger partial charge is 0.0175 e. The highest BCUT2D eigenvalue weighted by atomic mass is 79.9. The molecule has 2 heteroatoms. The molecule has 1 unspecified atom stereocenters. The zero-order valence-corrected chi connectivity index (χ0v) is 10.00. The van der Waals surface area contributed by atoms with Crippen LogP contribution >= 0.6 is 15.9 Å². The van der Waals surface area contributed by atoms with Crippen molar-refractivity contribution in [2.24, 2.45) is 11.7 Å². The minimum atomic E-state index is 0.363. The van der Waals surface area contributed by atoms with Gasteiger partial charge in [-0.2, -0.15) is 0 Å². The molecule has 2 rings (SSSR count). The Balaban J connectivity index is 1.96. The summed E-state index contributed by atoms with van der Waals surface area (Å²) < 4.78 is 1.16. The Hall–Kier alpha value is -0.340. The van der Waals surface area contributed by atoms with Crippen LogP contribution in [-0.4, -0.2) is 6.04 Å². The summed E-state index contributed by atoms with van der Waals surface area (Å²) in [6.45, 7) is 2.11. The van der Waals surface area contributed by atoms with Crippen molar-refractivity contribution in [1.29, 1.82) is 0 Å². The van der Waals surface area contributed by atoms with Gasteiger partial charge in [0.2, 0.25) is 0 Å². The second kappa shape index (κ2) is 4.03. The summed E-state index contributed by atoms with van der Waals surface area (Å²) in [6, 6.07) is 9.03. The van der Waals surface area contributed by atoms with E-state index in [4.69, 9.17) is 5.73 Å². The van der Waals surface area contributed by atoms with Crippen molar-refractivity contribution < 1.29 is 0 Å². The number of hydrogen-bond donors (Lipinski definition) is 1. The Morgan fingerprint density at radius 1 is 1.29 bits per heavy atom. The van der Waals surface area contributed by atoms with Gasteiger partial charge in [-0.05, 0) is 49.3 Å². The van der Waals surface area contributed by atoms with E-state index in [-0.39, 0.29) is 0 Å². The van der Waals surface area contributed by atoms with Crippen molar-refractivity contribution in [2.45, 2.75) is 31.7 Å². The van der Waals surface area contributed by atoms with Gasteiger partial charge in [0.05, 0.1) is 0 Å². The van der Waals surface area contributed by atoms with E-state index in [2.05, 4.69) is 47.1 Å². The molecule has 0 heterocycles. The maximum Gasteiger partial charge on any atom is 0.0175 e. The molecule has 0 radical (unpaired) electrons. The summed E-state index contributed by atoms with van der Waals surface area (Å²) in [5, 5.41) is 0. The zero-order chi connectivity index (χ0) is 10.1. The molecule has 1 aliphatic rings. The minimum absolute atomic E-state index is 0.363. The van der Waals surface area contributed by atoms with Gasteiger partial charge in [0.1, 0.15) is 0 Å². The van der Waals surface area contributed by atoms with Gasteiger partial charge in [0, 0.05) is 10.5 Å². The molecule has 0 aliphatic heterocycles. The van der Waals surface area contributed by atoms with Crippen molar-refractivity contribution in [3.63, 3.8) is 0 Å². The lowest BCUT2D eigenvalue weighted by atomic mass is 9.69. The topological polar surface area (TPSA) is 26.0 Å². The summed E-state index contributed by atoms with van der Waals surface area (Å²) in [5.41, 5.74) is 7.32. The fraction of sp³-hybridized carbons (Fsp3) is 0.500. The van der Waals surface area contributed by atoms with Gasteiger partial charge in [0.15, 0.2) is 0 Å². The summed E-state index contributed by atoms with van der Waals surface area (Å²) in [6.07, 6.45) is 2.53. The quantitative estimate of drug-likeness (QED) is 0.861. The first-order valence-corrected chi connectivity index (χ1v) is 5.97. The summed E-state index contributed by atoms with van der Waals surface area (Å²) in [4.78, 5) is 0. The zero-order valence-electron chi connectivity index (χ0n) is 8.41. The molecule has 1 aromatic carbocycles. The molecule has 76 valence electrons. The maximum absolute atomic E-state index is 5.85. The van der Waals surface area contributed by atoms with Crippen LogP contribution in [0, 0.1) is 5.92 Å². The fourth-order valence-corrected chi connectivity index (χ4v) is 2.36. The predicted molar refractivity (Wildman–Crippen MR) is 63.3 cm³/mol. The van der Waals surface area contributed by atoms with Crippen molar-refractivity contribution in [3.8, 4) is 0 Å². The summed E-state index contributed by atoms with van der Waals surface area (Å²) in [7, 11) is 0. The average molecular weight is 254 g/mol. The predicted octanol–water partition coefficient (Wildman–Crippen LogP) is 3.29. The number of benzene rings is 1. The second-order valence-electron chi connectivity index (χ2n) is 4.34. The van der Waals surface area contributed by atoms with E-state index in [1.807, 2.05) is 0 Å². The van der Waals surface area contributed by atoms with Gasteiger partial charge in [-0.15, -0.1) is 0 Å². The molecule has 0 bridgehead atoms. The molecule has 1 aliphatic carbocycles. The van der Waals surface area contributed by atoms with Crippen LogP contribution in [-0.2, 0) is 0 Å². The Morgan fingerprint density at radius 2 is 1.86 bits per heavy atom. The van der Waals surface area contributed by atoms with E-state index in [0.29, 0.717) is 6.04 Å². The van der Waals surface area contributed by atoms with Crippen LogP contribution in [0.4, 0.5) is 0 Å². The first kappa shape index (κ1) is 10.2. The molecule has 1 aromatic rings. The van der Waals surface area contributed by atoms with E-state index < -0.39 is 0 Å². The first-order valence-electron chi connectivity index (χ1n) is 5.18. The lowest BCUT2D eigenvalue weighted by molar-refractivity contribution is 0.229. The largest absolute Gasteiger partial charge is 0.328 e. The van der Waals surface area contributed by atoms with E-state index in [9.17, 15) is 0 Å². The van der Waals surface area contributed by atoms with Crippen LogP contribution < -0.4 is 5.73 Å². The Kier molecular flexibility index (Phi) is 2.93. The molecule has 14 heavy (non-hydrogen) atoms. The monoisotopic (exact) mass is 253 g/mol. The van der Waals surface area contributed by atoms with Crippen molar-refractivity contribution in [2.75, 3.05) is 0 Å². The van der Waals surface area contributed by atoms with Crippen LogP contribution in [0.2, 0.25) is 0 Å². The molecule has 0 aromatic heterocycles. The SMILES string of the molecule is CC(N)C1CC(c2ccc(Br)cc2)C1. The third-order valence-electron chi connectivity index (χ3n) is 3.26. The molecule has 1 atom stereocenters. The van der Waals surface area contributed by atoms with Crippen LogP contribution in [0.25, 0.3) is 0 Å². The highest BCUT2D eigenvalue weighted by Crippen LogP contribution is 2.42. The average Bonchev–Trinajstić information content (AvgIpc) is 2.05. The molecule has 1 fully saturated rings. The molecule has 0 saturated heterocycles. The number of halogens is 1. The lowest BCUT2D eigenvalue weighted by Gasteiger charge is -2.38.